The molecule has 0 aromatic heterocycles. The minimum atomic E-state index is 0.376. The first-order valence-corrected chi connectivity index (χ1v) is 6.09. The van der Waals surface area contributed by atoms with E-state index in [1.54, 1.807) is 0 Å². The van der Waals surface area contributed by atoms with Gasteiger partial charge in [0.15, 0.2) is 0 Å². The Bertz CT molecular complexity index is 263. The lowest BCUT2D eigenvalue weighted by Crippen LogP contribution is -2.20. The summed E-state index contributed by atoms with van der Waals surface area (Å²) in [5.41, 5.74) is 8.82. The van der Waals surface area contributed by atoms with E-state index in [9.17, 15) is 0 Å². The highest BCUT2D eigenvalue weighted by Crippen LogP contribution is 2.09. The maximum absolute atomic E-state index is 5.99. The van der Waals surface area contributed by atoms with Crippen molar-refractivity contribution in [3.63, 3.8) is 0 Å². The van der Waals surface area contributed by atoms with Crippen LogP contribution in [0.25, 0.3) is 0 Å². The largest absolute Gasteiger partial charge is 0.328 e. The second-order valence-electron chi connectivity index (χ2n) is 4.26. The highest BCUT2D eigenvalue weighted by Gasteiger charge is 2.01. The summed E-state index contributed by atoms with van der Waals surface area (Å²) in [6.07, 6.45) is 5.68. The molecule has 0 heterocycles. The van der Waals surface area contributed by atoms with Crippen LogP contribution in [-0.2, 0) is 12.8 Å². The molecule has 84 valence electrons. The Labute approximate surface area is 93.7 Å². The fourth-order valence-corrected chi connectivity index (χ4v) is 1.81. The Kier molecular flexibility index (Phi) is 5.41. The molecule has 1 aromatic carbocycles. The SMILES string of the molecule is CCCC(N)CCc1ccc(CC)cc1. The van der Waals surface area contributed by atoms with Crippen molar-refractivity contribution in [1.29, 1.82) is 0 Å². The van der Waals surface area contributed by atoms with Crippen molar-refractivity contribution in [2.24, 2.45) is 5.73 Å². The quantitative estimate of drug-likeness (QED) is 0.757. The molecule has 0 amide bonds. The van der Waals surface area contributed by atoms with E-state index in [0.717, 1.165) is 25.7 Å². The van der Waals surface area contributed by atoms with Gasteiger partial charge < -0.3 is 5.73 Å². The Morgan fingerprint density at radius 3 is 2.13 bits per heavy atom. The van der Waals surface area contributed by atoms with Gasteiger partial charge in [-0.05, 0) is 36.8 Å². The minimum Gasteiger partial charge on any atom is -0.328 e. The first-order valence-electron chi connectivity index (χ1n) is 6.09. The molecule has 15 heavy (non-hydrogen) atoms. The molecule has 0 radical (unpaired) electrons. The van der Waals surface area contributed by atoms with E-state index >= 15 is 0 Å². The molecule has 0 aliphatic heterocycles. The zero-order chi connectivity index (χ0) is 11.1. The van der Waals surface area contributed by atoms with Crippen molar-refractivity contribution >= 4 is 0 Å². The molecule has 1 nitrogen and oxygen atoms in total. The highest BCUT2D eigenvalue weighted by atomic mass is 14.6. The highest BCUT2D eigenvalue weighted by molar-refractivity contribution is 5.22. The van der Waals surface area contributed by atoms with Gasteiger partial charge in [-0.2, -0.15) is 0 Å². The van der Waals surface area contributed by atoms with Crippen LogP contribution in [0.2, 0.25) is 0 Å². The number of nitrogens with two attached hydrogens (primary N) is 1. The molecule has 0 fully saturated rings. The summed E-state index contributed by atoms with van der Waals surface area (Å²) >= 11 is 0. The standard InChI is InChI=1S/C14H23N/c1-3-5-14(15)11-10-13-8-6-12(4-2)7-9-13/h6-9,14H,3-5,10-11,15H2,1-2H3. The Balaban J connectivity index is 2.37. The van der Waals surface area contributed by atoms with Crippen LogP contribution in [0, 0.1) is 0 Å². The first kappa shape index (κ1) is 12.3. The smallest absolute Gasteiger partial charge is 0.00418 e. The molecule has 1 atom stereocenters. The molecule has 0 saturated carbocycles. The molecule has 1 unspecified atom stereocenters. The average molecular weight is 205 g/mol. The summed E-state index contributed by atoms with van der Waals surface area (Å²) in [6.45, 7) is 4.38. The van der Waals surface area contributed by atoms with Gasteiger partial charge in [-0.1, -0.05) is 44.5 Å². The Morgan fingerprint density at radius 2 is 1.60 bits per heavy atom. The molecular formula is C14H23N. The van der Waals surface area contributed by atoms with E-state index in [1.807, 2.05) is 0 Å². The molecule has 1 heteroatoms. The summed E-state index contributed by atoms with van der Waals surface area (Å²) < 4.78 is 0. The van der Waals surface area contributed by atoms with Crippen LogP contribution in [0.15, 0.2) is 24.3 Å². The van der Waals surface area contributed by atoms with Crippen LogP contribution in [0.4, 0.5) is 0 Å². The van der Waals surface area contributed by atoms with Crippen molar-refractivity contribution < 1.29 is 0 Å². The Hall–Kier alpha value is -0.820. The zero-order valence-corrected chi connectivity index (χ0v) is 10.00. The number of rotatable bonds is 6. The summed E-state index contributed by atoms with van der Waals surface area (Å²) in [5.74, 6) is 0. The van der Waals surface area contributed by atoms with Crippen LogP contribution in [0.3, 0.4) is 0 Å². The molecule has 0 bridgehead atoms. The summed E-state index contributed by atoms with van der Waals surface area (Å²) in [6, 6.07) is 9.29. The van der Waals surface area contributed by atoms with Crippen molar-refractivity contribution in [2.75, 3.05) is 0 Å². The molecule has 2 N–H and O–H groups in total. The third-order valence-corrected chi connectivity index (χ3v) is 2.89. The normalized spacial score (nSPS) is 12.7. The van der Waals surface area contributed by atoms with Gasteiger partial charge in [-0.15, -0.1) is 0 Å². The van der Waals surface area contributed by atoms with Crippen LogP contribution >= 0.6 is 0 Å². The fourth-order valence-electron chi connectivity index (χ4n) is 1.81. The predicted molar refractivity (Wildman–Crippen MR) is 67.0 cm³/mol. The number of hydrogen-bond acceptors (Lipinski definition) is 1. The van der Waals surface area contributed by atoms with Crippen LogP contribution in [0.1, 0.15) is 44.2 Å². The molecular weight excluding hydrogens is 182 g/mol. The van der Waals surface area contributed by atoms with Gasteiger partial charge in [0.05, 0.1) is 0 Å². The van der Waals surface area contributed by atoms with Gasteiger partial charge >= 0.3 is 0 Å². The summed E-state index contributed by atoms with van der Waals surface area (Å²) in [7, 11) is 0. The second kappa shape index (κ2) is 6.62. The Morgan fingerprint density at radius 1 is 1.00 bits per heavy atom. The lowest BCUT2D eigenvalue weighted by atomic mass is 10.0. The zero-order valence-electron chi connectivity index (χ0n) is 10.00. The van der Waals surface area contributed by atoms with E-state index in [-0.39, 0.29) is 0 Å². The third-order valence-electron chi connectivity index (χ3n) is 2.89. The van der Waals surface area contributed by atoms with E-state index in [1.165, 1.54) is 17.5 Å². The van der Waals surface area contributed by atoms with Gasteiger partial charge in [0.25, 0.3) is 0 Å². The maximum Gasteiger partial charge on any atom is 0.00418 e. The van der Waals surface area contributed by atoms with Gasteiger partial charge in [0, 0.05) is 6.04 Å². The number of aryl methyl sites for hydroxylation is 2. The van der Waals surface area contributed by atoms with E-state index < -0.39 is 0 Å². The van der Waals surface area contributed by atoms with Gasteiger partial charge in [0.1, 0.15) is 0 Å². The van der Waals surface area contributed by atoms with Crippen molar-refractivity contribution in [1.82, 2.24) is 0 Å². The van der Waals surface area contributed by atoms with Gasteiger partial charge in [-0.3, -0.25) is 0 Å². The maximum atomic E-state index is 5.99. The van der Waals surface area contributed by atoms with E-state index in [2.05, 4.69) is 38.1 Å². The lowest BCUT2D eigenvalue weighted by Gasteiger charge is -2.10. The molecule has 0 saturated heterocycles. The summed E-state index contributed by atoms with van der Waals surface area (Å²) in [5, 5.41) is 0. The molecule has 0 spiro atoms. The monoisotopic (exact) mass is 205 g/mol. The van der Waals surface area contributed by atoms with Crippen molar-refractivity contribution in [2.45, 2.75) is 52.0 Å². The second-order valence-corrected chi connectivity index (χ2v) is 4.26. The van der Waals surface area contributed by atoms with Crippen LogP contribution in [0.5, 0.6) is 0 Å². The molecule has 1 rings (SSSR count). The van der Waals surface area contributed by atoms with Crippen molar-refractivity contribution in [3.05, 3.63) is 35.4 Å². The fraction of sp³-hybridized carbons (Fsp3) is 0.571. The van der Waals surface area contributed by atoms with Crippen LogP contribution < -0.4 is 5.73 Å². The number of benzene rings is 1. The van der Waals surface area contributed by atoms with Crippen molar-refractivity contribution in [3.8, 4) is 0 Å². The minimum absolute atomic E-state index is 0.376. The van der Waals surface area contributed by atoms with Crippen LogP contribution in [-0.4, -0.2) is 6.04 Å². The molecule has 0 aliphatic carbocycles. The molecule has 0 aliphatic rings. The van der Waals surface area contributed by atoms with Gasteiger partial charge in [-0.25, -0.2) is 0 Å². The summed E-state index contributed by atoms with van der Waals surface area (Å²) in [4.78, 5) is 0. The lowest BCUT2D eigenvalue weighted by molar-refractivity contribution is 0.561. The number of hydrogen-bond donors (Lipinski definition) is 1. The molecule has 1 aromatic rings. The predicted octanol–water partition coefficient (Wildman–Crippen LogP) is 3.31. The van der Waals surface area contributed by atoms with E-state index in [4.69, 9.17) is 5.73 Å². The average Bonchev–Trinajstić information content (AvgIpc) is 2.27. The first-order chi connectivity index (χ1) is 7.26. The van der Waals surface area contributed by atoms with E-state index in [0.29, 0.717) is 6.04 Å². The third kappa shape index (κ3) is 4.48. The van der Waals surface area contributed by atoms with Gasteiger partial charge in [0.2, 0.25) is 0 Å². The topological polar surface area (TPSA) is 26.0 Å².